The van der Waals surface area contributed by atoms with E-state index in [1.54, 1.807) is 0 Å². The van der Waals surface area contributed by atoms with Crippen molar-refractivity contribution in [2.24, 2.45) is 11.8 Å². The number of hydrogen-bond acceptors (Lipinski definition) is 3. The zero-order chi connectivity index (χ0) is 13.6. The lowest BCUT2D eigenvalue weighted by Gasteiger charge is -2.10. The van der Waals surface area contributed by atoms with Crippen LogP contribution in [0.1, 0.15) is 31.6 Å². The van der Waals surface area contributed by atoms with Gasteiger partial charge in [0.15, 0.2) is 11.5 Å². The first kappa shape index (κ1) is 12.7. The summed E-state index contributed by atoms with van der Waals surface area (Å²) in [5.41, 5.74) is 1.47. The standard InChI is InChI=1S/C14H14BrNO3/c1-7-5-8(9(6-7)14(17)18)13-16-11-4-2-3-10(15)12(11)19-13/h2-4,7-9H,5-6H2,1H3,(H,17,18). The van der Waals surface area contributed by atoms with Crippen LogP contribution in [0.5, 0.6) is 0 Å². The minimum absolute atomic E-state index is 0.119. The molecule has 3 unspecified atom stereocenters. The molecule has 5 heteroatoms. The summed E-state index contributed by atoms with van der Waals surface area (Å²) in [5, 5.41) is 9.31. The Morgan fingerprint density at radius 3 is 2.95 bits per heavy atom. The Morgan fingerprint density at radius 2 is 2.26 bits per heavy atom. The predicted molar refractivity (Wildman–Crippen MR) is 74.0 cm³/mol. The number of rotatable bonds is 2. The Labute approximate surface area is 118 Å². The topological polar surface area (TPSA) is 63.3 Å². The quantitative estimate of drug-likeness (QED) is 0.912. The van der Waals surface area contributed by atoms with Crippen molar-refractivity contribution < 1.29 is 14.3 Å². The van der Waals surface area contributed by atoms with Gasteiger partial charge in [-0.15, -0.1) is 0 Å². The average molecular weight is 324 g/mol. The molecule has 1 aromatic carbocycles. The van der Waals surface area contributed by atoms with Crippen LogP contribution in [0, 0.1) is 11.8 Å². The van der Waals surface area contributed by atoms with Gasteiger partial charge in [0.2, 0.25) is 0 Å². The molecule has 100 valence electrons. The maximum atomic E-state index is 11.3. The fourth-order valence-electron chi connectivity index (χ4n) is 2.93. The summed E-state index contributed by atoms with van der Waals surface area (Å²) in [6, 6.07) is 5.66. The minimum atomic E-state index is -0.754. The highest BCUT2D eigenvalue weighted by Gasteiger charge is 2.40. The molecule has 0 saturated heterocycles. The van der Waals surface area contributed by atoms with Gasteiger partial charge in [-0.2, -0.15) is 0 Å². The predicted octanol–water partition coefficient (Wildman–Crippen LogP) is 3.80. The van der Waals surface area contributed by atoms with E-state index in [1.807, 2.05) is 18.2 Å². The maximum Gasteiger partial charge on any atom is 0.307 e. The molecule has 0 spiro atoms. The molecule has 1 aliphatic carbocycles. The van der Waals surface area contributed by atoms with Crippen molar-refractivity contribution in [3.05, 3.63) is 28.6 Å². The van der Waals surface area contributed by atoms with Gasteiger partial charge >= 0.3 is 5.97 Å². The number of nitrogens with zero attached hydrogens (tertiary/aromatic N) is 1. The van der Waals surface area contributed by atoms with Crippen LogP contribution in [-0.4, -0.2) is 16.1 Å². The number of carboxylic acid groups (broad SMARTS) is 1. The molecule has 19 heavy (non-hydrogen) atoms. The van der Waals surface area contributed by atoms with E-state index < -0.39 is 5.97 Å². The largest absolute Gasteiger partial charge is 0.481 e. The third-order valence-electron chi connectivity index (χ3n) is 3.82. The number of oxazole rings is 1. The van der Waals surface area contributed by atoms with Crippen molar-refractivity contribution in [1.82, 2.24) is 4.98 Å². The van der Waals surface area contributed by atoms with Crippen molar-refractivity contribution in [3.8, 4) is 0 Å². The van der Waals surface area contributed by atoms with E-state index in [-0.39, 0.29) is 11.8 Å². The number of aliphatic carboxylic acids is 1. The second kappa shape index (κ2) is 4.63. The molecule has 3 rings (SSSR count). The molecule has 0 aliphatic heterocycles. The second-order valence-corrected chi connectivity index (χ2v) is 6.12. The lowest BCUT2D eigenvalue weighted by Crippen LogP contribution is -2.17. The van der Waals surface area contributed by atoms with E-state index in [0.717, 1.165) is 16.4 Å². The zero-order valence-electron chi connectivity index (χ0n) is 10.5. The molecule has 0 amide bonds. The van der Waals surface area contributed by atoms with E-state index in [1.165, 1.54) is 0 Å². The molecule has 1 N–H and O–H groups in total. The van der Waals surface area contributed by atoms with E-state index in [0.29, 0.717) is 23.8 Å². The van der Waals surface area contributed by atoms with Gasteiger partial charge < -0.3 is 9.52 Å². The molecule has 2 aromatic rings. The van der Waals surface area contributed by atoms with Gasteiger partial charge in [0.05, 0.1) is 10.4 Å². The smallest absolute Gasteiger partial charge is 0.307 e. The summed E-state index contributed by atoms with van der Waals surface area (Å²) >= 11 is 3.42. The average Bonchev–Trinajstić information content (AvgIpc) is 2.93. The Bertz CT molecular complexity index is 637. The van der Waals surface area contributed by atoms with E-state index in [4.69, 9.17) is 4.42 Å². The Kier molecular flexibility index (Phi) is 3.09. The second-order valence-electron chi connectivity index (χ2n) is 5.27. The minimum Gasteiger partial charge on any atom is -0.481 e. The van der Waals surface area contributed by atoms with Gasteiger partial charge in [-0.05, 0) is 46.8 Å². The normalized spacial score (nSPS) is 26.9. The van der Waals surface area contributed by atoms with Crippen LogP contribution in [0.4, 0.5) is 0 Å². The SMILES string of the molecule is CC1CC(C(=O)O)C(c2nc3cccc(Br)c3o2)C1. The van der Waals surface area contributed by atoms with Crippen LogP contribution < -0.4 is 0 Å². The van der Waals surface area contributed by atoms with E-state index >= 15 is 0 Å². The number of carbonyl (C=O) groups is 1. The number of carboxylic acids is 1. The van der Waals surface area contributed by atoms with Gasteiger partial charge in [-0.3, -0.25) is 4.79 Å². The summed E-state index contributed by atoms with van der Waals surface area (Å²) in [4.78, 5) is 15.8. The summed E-state index contributed by atoms with van der Waals surface area (Å²) < 4.78 is 6.64. The van der Waals surface area contributed by atoms with Crippen molar-refractivity contribution in [2.45, 2.75) is 25.7 Å². The third-order valence-corrected chi connectivity index (χ3v) is 4.44. The first-order chi connectivity index (χ1) is 9.06. The molecular weight excluding hydrogens is 310 g/mol. The highest BCUT2D eigenvalue weighted by atomic mass is 79.9. The number of para-hydroxylation sites is 1. The molecule has 1 aliphatic rings. The van der Waals surface area contributed by atoms with Gasteiger partial charge in [0.25, 0.3) is 0 Å². The van der Waals surface area contributed by atoms with Crippen LogP contribution in [0.25, 0.3) is 11.1 Å². The summed E-state index contributed by atoms with van der Waals surface area (Å²) in [6.07, 6.45) is 1.52. The molecule has 3 atom stereocenters. The number of halogens is 1. The van der Waals surface area contributed by atoms with Gasteiger partial charge in [-0.1, -0.05) is 13.0 Å². The lowest BCUT2D eigenvalue weighted by atomic mass is 9.96. The maximum absolute atomic E-state index is 11.3. The first-order valence-corrected chi connectivity index (χ1v) is 7.13. The first-order valence-electron chi connectivity index (χ1n) is 6.34. The van der Waals surface area contributed by atoms with Crippen molar-refractivity contribution >= 4 is 33.0 Å². The zero-order valence-corrected chi connectivity index (χ0v) is 12.1. The number of benzene rings is 1. The number of hydrogen-bond donors (Lipinski definition) is 1. The molecule has 4 nitrogen and oxygen atoms in total. The highest BCUT2D eigenvalue weighted by molar-refractivity contribution is 9.10. The summed E-state index contributed by atoms with van der Waals surface area (Å²) in [7, 11) is 0. The molecule has 1 fully saturated rings. The Morgan fingerprint density at radius 1 is 1.47 bits per heavy atom. The Balaban J connectivity index is 2.04. The molecule has 1 saturated carbocycles. The van der Waals surface area contributed by atoms with Crippen LogP contribution in [0.3, 0.4) is 0 Å². The lowest BCUT2D eigenvalue weighted by molar-refractivity contribution is -0.142. The Hall–Kier alpha value is -1.36. The molecule has 1 heterocycles. The third kappa shape index (κ3) is 2.16. The van der Waals surface area contributed by atoms with Gasteiger partial charge in [-0.25, -0.2) is 4.98 Å². The van der Waals surface area contributed by atoms with Crippen molar-refractivity contribution in [2.75, 3.05) is 0 Å². The van der Waals surface area contributed by atoms with Gasteiger partial charge in [0.1, 0.15) is 5.52 Å². The summed E-state index contributed by atoms with van der Waals surface area (Å²) in [6.45, 7) is 2.08. The van der Waals surface area contributed by atoms with Crippen LogP contribution in [-0.2, 0) is 4.79 Å². The van der Waals surface area contributed by atoms with Crippen LogP contribution >= 0.6 is 15.9 Å². The van der Waals surface area contributed by atoms with Gasteiger partial charge in [0, 0.05) is 5.92 Å². The van der Waals surface area contributed by atoms with Crippen molar-refractivity contribution in [3.63, 3.8) is 0 Å². The van der Waals surface area contributed by atoms with Crippen molar-refractivity contribution in [1.29, 1.82) is 0 Å². The molecular formula is C14H14BrNO3. The number of aromatic nitrogens is 1. The molecule has 0 bridgehead atoms. The summed E-state index contributed by atoms with van der Waals surface area (Å²) in [5.74, 6) is -0.312. The van der Waals surface area contributed by atoms with Crippen LogP contribution in [0.15, 0.2) is 27.1 Å². The number of fused-ring (bicyclic) bond motifs is 1. The fourth-order valence-corrected chi connectivity index (χ4v) is 3.37. The highest BCUT2D eigenvalue weighted by Crippen LogP contribution is 2.43. The van der Waals surface area contributed by atoms with E-state index in [2.05, 4.69) is 27.8 Å². The monoisotopic (exact) mass is 323 g/mol. The molecule has 0 radical (unpaired) electrons. The fraction of sp³-hybridized carbons (Fsp3) is 0.429. The van der Waals surface area contributed by atoms with Crippen LogP contribution in [0.2, 0.25) is 0 Å². The van der Waals surface area contributed by atoms with E-state index in [9.17, 15) is 9.90 Å². The molecule has 1 aromatic heterocycles.